The quantitative estimate of drug-likeness (QED) is 0.576. The molecule has 1 saturated heterocycles. The van der Waals surface area contributed by atoms with Gasteiger partial charge in [-0.3, -0.25) is 0 Å². The smallest absolute Gasteiger partial charge is 0.00527 e. The number of rotatable bonds is 2. The third-order valence-electron chi connectivity index (χ3n) is 1.80. The van der Waals surface area contributed by atoms with Crippen molar-refractivity contribution in [3.05, 3.63) is 0 Å². The molecular formula is C7H15NS. The lowest BCUT2D eigenvalue weighted by molar-refractivity contribution is 0.0614. The van der Waals surface area contributed by atoms with E-state index in [1.165, 1.54) is 18.8 Å². The number of hydrogen-bond acceptors (Lipinski definition) is 2. The summed E-state index contributed by atoms with van der Waals surface area (Å²) in [5.41, 5.74) is 0.633. The van der Waals surface area contributed by atoms with Gasteiger partial charge < -0.3 is 4.90 Å². The Bertz CT molecular complexity index is 91.6. The minimum Gasteiger partial charge on any atom is -0.305 e. The van der Waals surface area contributed by atoms with Gasteiger partial charge in [0.25, 0.3) is 0 Å². The molecule has 0 spiro atoms. The first-order valence-electron chi connectivity index (χ1n) is 3.34. The highest BCUT2D eigenvalue weighted by atomic mass is 32.2. The summed E-state index contributed by atoms with van der Waals surface area (Å²) >= 11 is 1.96. The number of hydrogen-bond donors (Lipinski definition) is 0. The fraction of sp³-hybridized carbons (Fsp3) is 1.00. The van der Waals surface area contributed by atoms with Crippen LogP contribution in [0.2, 0.25) is 0 Å². The SMILES string of the molecule is CSCC1(C)CN(C)C1. The van der Waals surface area contributed by atoms with Crippen molar-refractivity contribution in [3.63, 3.8) is 0 Å². The van der Waals surface area contributed by atoms with Gasteiger partial charge in [0.05, 0.1) is 0 Å². The summed E-state index contributed by atoms with van der Waals surface area (Å²) in [5.74, 6) is 1.32. The van der Waals surface area contributed by atoms with Gasteiger partial charge in [0.2, 0.25) is 0 Å². The summed E-state index contributed by atoms with van der Waals surface area (Å²) in [4.78, 5) is 2.37. The maximum Gasteiger partial charge on any atom is 0.00527 e. The van der Waals surface area contributed by atoms with E-state index in [1.807, 2.05) is 11.8 Å². The van der Waals surface area contributed by atoms with Crippen LogP contribution in [-0.4, -0.2) is 37.0 Å². The molecule has 2 heteroatoms. The standard InChI is InChI=1S/C7H15NS/c1-7(6-9-3)4-8(2)5-7/h4-6H2,1-3H3. The van der Waals surface area contributed by atoms with Crippen LogP contribution in [0.4, 0.5) is 0 Å². The van der Waals surface area contributed by atoms with Gasteiger partial charge in [-0.2, -0.15) is 11.8 Å². The first-order chi connectivity index (χ1) is 4.16. The van der Waals surface area contributed by atoms with Crippen LogP contribution < -0.4 is 0 Å². The van der Waals surface area contributed by atoms with Crippen molar-refractivity contribution in [1.82, 2.24) is 4.90 Å². The molecule has 1 rings (SSSR count). The van der Waals surface area contributed by atoms with Crippen molar-refractivity contribution in [3.8, 4) is 0 Å². The molecule has 1 fully saturated rings. The van der Waals surface area contributed by atoms with E-state index in [1.54, 1.807) is 0 Å². The molecule has 0 N–H and O–H groups in total. The normalized spacial score (nSPS) is 25.7. The minimum absolute atomic E-state index is 0.633. The minimum atomic E-state index is 0.633. The molecule has 0 aromatic heterocycles. The second-order valence-electron chi connectivity index (χ2n) is 3.42. The zero-order chi connectivity index (χ0) is 6.91. The summed E-state index contributed by atoms with van der Waals surface area (Å²) in [7, 11) is 2.18. The molecule has 1 heterocycles. The number of thioether (sulfide) groups is 1. The van der Waals surface area contributed by atoms with Gasteiger partial charge in [-0.1, -0.05) is 6.92 Å². The van der Waals surface area contributed by atoms with Crippen LogP contribution in [0.5, 0.6) is 0 Å². The molecule has 0 unspecified atom stereocenters. The molecule has 9 heavy (non-hydrogen) atoms. The third-order valence-corrected chi connectivity index (χ3v) is 2.78. The van der Waals surface area contributed by atoms with Crippen molar-refractivity contribution in [2.24, 2.45) is 5.41 Å². The number of nitrogens with zero attached hydrogens (tertiary/aromatic N) is 1. The van der Waals surface area contributed by atoms with Crippen molar-refractivity contribution >= 4 is 11.8 Å². The topological polar surface area (TPSA) is 3.24 Å². The Hall–Kier alpha value is 0.310. The zero-order valence-electron chi connectivity index (χ0n) is 6.48. The van der Waals surface area contributed by atoms with Crippen LogP contribution in [0.3, 0.4) is 0 Å². The predicted octanol–water partition coefficient (Wildman–Crippen LogP) is 1.30. The monoisotopic (exact) mass is 145 g/mol. The van der Waals surface area contributed by atoms with Gasteiger partial charge in [0.1, 0.15) is 0 Å². The molecule has 54 valence electrons. The van der Waals surface area contributed by atoms with E-state index in [4.69, 9.17) is 0 Å². The fourth-order valence-corrected chi connectivity index (χ4v) is 2.58. The molecule has 0 saturated carbocycles. The van der Waals surface area contributed by atoms with Gasteiger partial charge in [-0.05, 0) is 13.3 Å². The van der Waals surface area contributed by atoms with Crippen LogP contribution in [-0.2, 0) is 0 Å². The Morgan fingerprint density at radius 3 is 2.44 bits per heavy atom. The molecule has 0 radical (unpaired) electrons. The second-order valence-corrected chi connectivity index (χ2v) is 4.28. The van der Waals surface area contributed by atoms with E-state index in [0.717, 1.165) is 0 Å². The Balaban J connectivity index is 2.23. The Labute approximate surface area is 61.8 Å². The second kappa shape index (κ2) is 2.51. The van der Waals surface area contributed by atoms with E-state index in [2.05, 4.69) is 25.1 Å². The lowest BCUT2D eigenvalue weighted by Gasteiger charge is -2.45. The lowest BCUT2D eigenvalue weighted by Crippen LogP contribution is -2.53. The molecule has 0 amide bonds. The van der Waals surface area contributed by atoms with Crippen molar-refractivity contribution in [1.29, 1.82) is 0 Å². The van der Waals surface area contributed by atoms with E-state index < -0.39 is 0 Å². The highest BCUT2D eigenvalue weighted by Gasteiger charge is 2.35. The van der Waals surface area contributed by atoms with E-state index in [-0.39, 0.29) is 0 Å². The van der Waals surface area contributed by atoms with Crippen LogP contribution in [0.15, 0.2) is 0 Å². The lowest BCUT2D eigenvalue weighted by atomic mass is 9.85. The van der Waals surface area contributed by atoms with Gasteiger partial charge in [-0.15, -0.1) is 0 Å². The van der Waals surface area contributed by atoms with E-state index >= 15 is 0 Å². The van der Waals surface area contributed by atoms with Crippen LogP contribution >= 0.6 is 11.8 Å². The van der Waals surface area contributed by atoms with Gasteiger partial charge >= 0.3 is 0 Å². The maximum atomic E-state index is 2.37. The van der Waals surface area contributed by atoms with Crippen LogP contribution in [0.1, 0.15) is 6.92 Å². The highest BCUT2D eigenvalue weighted by Crippen LogP contribution is 2.30. The van der Waals surface area contributed by atoms with Crippen LogP contribution in [0.25, 0.3) is 0 Å². The highest BCUT2D eigenvalue weighted by molar-refractivity contribution is 7.98. The van der Waals surface area contributed by atoms with Crippen molar-refractivity contribution in [2.45, 2.75) is 6.92 Å². The Morgan fingerprint density at radius 1 is 1.56 bits per heavy atom. The van der Waals surface area contributed by atoms with E-state index in [0.29, 0.717) is 5.41 Å². The molecule has 1 aliphatic heterocycles. The first-order valence-corrected chi connectivity index (χ1v) is 4.73. The molecule has 1 aliphatic rings. The molecular weight excluding hydrogens is 130 g/mol. The van der Waals surface area contributed by atoms with Crippen LogP contribution in [0, 0.1) is 5.41 Å². The average Bonchev–Trinajstić information content (AvgIpc) is 1.62. The summed E-state index contributed by atoms with van der Waals surface area (Å²) in [6.45, 7) is 4.94. The predicted molar refractivity (Wildman–Crippen MR) is 44.0 cm³/mol. The Morgan fingerprint density at radius 2 is 2.11 bits per heavy atom. The number of likely N-dealkylation sites (tertiary alicyclic amines) is 1. The summed E-state index contributed by atoms with van der Waals surface area (Å²) < 4.78 is 0. The average molecular weight is 145 g/mol. The molecule has 1 nitrogen and oxygen atoms in total. The molecule has 0 aromatic rings. The molecule has 0 aromatic carbocycles. The maximum absolute atomic E-state index is 2.37. The van der Waals surface area contributed by atoms with Gasteiger partial charge in [0.15, 0.2) is 0 Å². The van der Waals surface area contributed by atoms with Gasteiger partial charge in [-0.25, -0.2) is 0 Å². The van der Waals surface area contributed by atoms with E-state index in [9.17, 15) is 0 Å². The van der Waals surface area contributed by atoms with Crippen molar-refractivity contribution < 1.29 is 0 Å². The summed E-state index contributed by atoms with van der Waals surface area (Å²) in [6.07, 6.45) is 2.18. The van der Waals surface area contributed by atoms with Crippen molar-refractivity contribution in [2.75, 3.05) is 32.1 Å². The molecule has 0 aliphatic carbocycles. The first kappa shape index (κ1) is 7.42. The van der Waals surface area contributed by atoms with Gasteiger partial charge in [0, 0.05) is 24.3 Å². The molecule has 0 bridgehead atoms. The Kier molecular flexibility index (Phi) is 2.07. The molecule has 0 atom stereocenters. The fourth-order valence-electron chi connectivity index (χ4n) is 1.70. The largest absolute Gasteiger partial charge is 0.305 e. The summed E-state index contributed by atoms with van der Waals surface area (Å²) in [6, 6.07) is 0. The summed E-state index contributed by atoms with van der Waals surface area (Å²) in [5, 5.41) is 0. The zero-order valence-corrected chi connectivity index (χ0v) is 7.29. The third kappa shape index (κ3) is 1.62.